The molecule has 4 nitrogen and oxygen atoms in total. The molecule has 0 atom stereocenters. The number of halogens is 1. The number of nitrogens with two attached hydrogens (primary N) is 1. The molecule has 3 rings (SSSR count). The molecule has 0 amide bonds. The maximum absolute atomic E-state index is 10.3. The molecule has 0 spiro atoms. The minimum absolute atomic E-state index is 0.0373. The highest BCUT2D eigenvalue weighted by Crippen LogP contribution is 2.49. The summed E-state index contributed by atoms with van der Waals surface area (Å²) in [7, 11) is 0. The molecular formula is C14H18ClNO3. The van der Waals surface area contributed by atoms with Crippen LogP contribution in [-0.2, 0) is 5.54 Å². The zero-order valence-corrected chi connectivity index (χ0v) is 11.5. The first-order valence-corrected chi connectivity index (χ1v) is 7.10. The fourth-order valence-corrected chi connectivity index (χ4v) is 3.22. The highest BCUT2D eigenvalue weighted by molar-refractivity contribution is 6.34. The number of phenolic OH excluding ortho intramolecular Hbond substituents is 1. The lowest BCUT2D eigenvalue weighted by molar-refractivity contribution is 0.169. The monoisotopic (exact) mass is 283 g/mol. The Morgan fingerprint density at radius 2 is 1.84 bits per heavy atom. The van der Waals surface area contributed by atoms with Crippen molar-refractivity contribution in [2.45, 2.75) is 37.6 Å². The molecule has 19 heavy (non-hydrogen) atoms. The Morgan fingerprint density at radius 1 is 1.16 bits per heavy atom. The van der Waals surface area contributed by atoms with Crippen molar-refractivity contribution in [3.63, 3.8) is 0 Å². The second-order valence-electron chi connectivity index (χ2n) is 5.33. The lowest BCUT2D eigenvalue weighted by atomic mass is 9.77. The average Bonchev–Trinajstić information content (AvgIpc) is 2.43. The smallest absolute Gasteiger partial charge is 0.183 e. The lowest BCUT2D eigenvalue weighted by Gasteiger charge is -2.35. The van der Waals surface area contributed by atoms with Gasteiger partial charge in [0.25, 0.3) is 0 Å². The van der Waals surface area contributed by atoms with Gasteiger partial charge in [0, 0.05) is 11.1 Å². The minimum atomic E-state index is -0.512. The maximum Gasteiger partial charge on any atom is 0.183 e. The molecule has 0 bridgehead atoms. The van der Waals surface area contributed by atoms with Crippen LogP contribution in [-0.4, -0.2) is 18.3 Å². The van der Waals surface area contributed by atoms with Crippen molar-refractivity contribution in [3.05, 3.63) is 16.7 Å². The number of hydrogen-bond donors (Lipinski definition) is 2. The molecular weight excluding hydrogens is 266 g/mol. The number of fused-ring (bicyclic) bond motifs is 1. The Kier molecular flexibility index (Phi) is 3.23. The predicted molar refractivity (Wildman–Crippen MR) is 73.1 cm³/mol. The number of hydrogen-bond acceptors (Lipinski definition) is 4. The van der Waals surface area contributed by atoms with Crippen molar-refractivity contribution in [3.8, 4) is 17.2 Å². The fourth-order valence-electron chi connectivity index (χ4n) is 2.97. The van der Waals surface area contributed by atoms with Crippen LogP contribution in [0.15, 0.2) is 6.07 Å². The van der Waals surface area contributed by atoms with Gasteiger partial charge in [0.05, 0.1) is 0 Å². The van der Waals surface area contributed by atoms with E-state index in [0.29, 0.717) is 30.3 Å². The largest absolute Gasteiger partial charge is 0.506 e. The molecule has 1 saturated carbocycles. The second kappa shape index (κ2) is 4.76. The van der Waals surface area contributed by atoms with Gasteiger partial charge in [0.1, 0.15) is 24.0 Å². The van der Waals surface area contributed by atoms with E-state index in [9.17, 15) is 5.11 Å². The summed E-state index contributed by atoms with van der Waals surface area (Å²) in [5, 5.41) is 10.5. The summed E-state index contributed by atoms with van der Waals surface area (Å²) in [5.74, 6) is 1.04. The van der Waals surface area contributed by atoms with Crippen LogP contribution < -0.4 is 15.2 Å². The number of rotatable bonds is 1. The summed E-state index contributed by atoms with van der Waals surface area (Å²) in [4.78, 5) is 0. The van der Waals surface area contributed by atoms with Crippen molar-refractivity contribution in [2.24, 2.45) is 5.73 Å². The topological polar surface area (TPSA) is 64.7 Å². The van der Waals surface area contributed by atoms with Crippen molar-refractivity contribution in [1.29, 1.82) is 0 Å². The van der Waals surface area contributed by atoms with E-state index in [1.54, 1.807) is 6.07 Å². The molecule has 2 aliphatic rings. The van der Waals surface area contributed by atoms with E-state index in [1.165, 1.54) is 6.42 Å². The predicted octanol–water partition coefficient (Wildman–Crippen LogP) is 2.93. The molecule has 0 aromatic heterocycles. The summed E-state index contributed by atoms with van der Waals surface area (Å²) >= 11 is 6.19. The molecule has 1 aromatic rings. The summed E-state index contributed by atoms with van der Waals surface area (Å²) in [6.45, 7) is 0.935. The van der Waals surface area contributed by atoms with Crippen LogP contribution in [0, 0.1) is 0 Å². The Morgan fingerprint density at radius 3 is 2.58 bits per heavy atom. The van der Waals surface area contributed by atoms with Gasteiger partial charge in [-0.05, 0) is 18.9 Å². The molecule has 0 unspecified atom stereocenters. The van der Waals surface area contributed by atoms with Gasteiger partial charge in [0.15, 0.2) is 11.5 Å². The highest BCUT2D eigenvalue weighted by atomic mass is 35.5. The number of benzene rings is 1. The van der Waals surface area contributed by atoms with Crippen LogP contribution in [0.25, 0.3) is 0 Å². The van der Waals surface area contributed by atoms with E-state index in [1.807, 2.05) is 0 Å². The first-order valence-electron chi connectivity index (χ1n) is 6.72. The SMILES string of the molecule is NC1(c2cc3c(c(Cl)c2O)OCCO3)CCCCC1. The first-order chi connectivity index (χ1) is 9.12. The maximum atomic E-state index is 10.3. The van der Waals surface area contributed by atoms with E-state index in [0.717, 1.165) is 25.7 Å². The van der Waals surface area contributed by atoms with Crippen molar-refractivity contribution < 1.29 is 14.6 Å². The van der Waals surface area contributed by atoms with Crippen LogP contribution in [0.3, 0.4) is 0 Å². The van der Waals surface area contributed by atoms with Crippen LogP contribution >= 0.6 is 11.6 Å². The van der Waals surface area contributed by atoms with Gasteiger partial charge in [-0.2, -0.15) is 0 Å². The summed E-state index contributed by atoms with van der Waals surface area (Å²) < 4.78 is 11.0. The Labute approximate surface area is 117 Å². The van der Waals surface area contributed by atoms with E-state index in [-0.39, 0.29) is 10.8 Å². The van der Waals surface area contributed by atoms with Crippen molar-refractivity contribution in [1.82, 2.24) is 0 Å². The third-order valence-electron chi connectivity index (χ3n) is 4.03. The van der Waals surface area contributed by atoms with Crippen molar-refractivity contribution >= 4 is 11.6 Å². The van der Waals surface area contributed by atoms with E-state index >= 15 is 0 Å². The van der Waals surface area contributed by atoms with Gasteiger partial charge in [-0.1, -0.05) is 30.9 Å². The third kappa shape index (κ3) is 2.13. The molecule has 1 aliphatic carbocycles. The van der Waals surface area contributed by atoms with Crippen LogP contribution in [0.4, 0.5) is 0 Å². The van der Waals surface area contributed by atoms with E-state index in [2.05, 4.69) is 0 Å². The Hall–Kier alpha value is -1.13. The summed E-state index contributed by atoms with van der Waals surface area (Å²) in [6, 6.07) is 1.79. The van der Waals surface area contributed by atoms with Crippen LogP contribution in [0.5, 0.6) is 17.2 Å². The Balaban J connectivity index is 2.08. The van der Waals surface area contributed by atoms with Gasteiger partial charge in [-0.3, -0.25) is 0 Å². The molecule has 1 aromatic carbocycles. The molecule has 1 aliphatic heterocycles. The lowest BCUT2D eigenvalue weighted by Crippen LogP contribution is -2.38. The quantitative estimate of drug-likeness (QED) is 0.832. The zero-order chi connectivity index (χ0) is 13.5. The number of aromatic hydroxyl groups is 1. The van der Waals surface area contributed by atoms with Gasteiger partial charge in [-0.15, -0.1) is 0 Å². The van der Waals surface area contributed by atoms with Gasteiger partial charge in [0.2, 0.25) is 0 Å². The van der Waals surface area contributed by atoms with Crippen LogP contribution in [0.2, 0.25) is 5.02 Å². The van der Waals surface area contributed by atoms with Crippen molar-refractivity contribution in [2.75, 3.05) is 13.2 Å². The zero-order valence-electron chi connectivity index (χ0n) is 10.7. The normalized spacial score (nSPS) is 21.2. The molecule has 5 heteroatoms. The summed E-state index contributed by atoms with van der Waals surface area (Å²) in [5.41, 5.74) is 6.64. The molecule has 104 valence electrons. The highest BCUT2D eigenvalue weighted by Gasteiger charge is 2.35. The molecule has 0 radical (unpaired) electrons. The van der Waals surface area contributed by atoms with Gasteiger partial charge in [-0.25, -0.2) is 0 Å². The van der Waals surface area contributed by atoms with Crippen LogP contribution in [0.1, 0.15) is 37.7 Å². The fraction of sp³-hybridized carbons (Fsp3) is 0.571. The number of ether oxygens (including phenoxy) is 2. The minimum Gasteiger partial charge on any atom is -0.506 e. The molecule has 3 N–H and O–H groups in total. The van der Waals surface area contributed by atoms with Gasteiger partial charge >= 0.3 is 0 Å². The molecule has 1 fully saturated rings. The van der Waals surface area contributed by atoms with E-state index in [4.69, 9.17) is 26.8 Å². The standard InChI is InChI=1S/C14H18ClNO3/c15-11-12(17)9(14(16)4-2-1-3-5-14)8-10-13(11)19-7-6-18-10/h8,17H,1-7,16H2. The molecule has 1 heterocycles. The third-order valence-corrected chi connectivity index (χ3v) is 4.38. The van der Waals surface area contributed by atoms with E-state index < -0.39 is 5.54 Å². The summed E-state index contributed by atoms with van der Waals surface area (Å²) in [6.07, 6.45) is 5.05. The first kappa shape index (κ1) is 12.9. The molecule has 0 saturated heterocycles. The van der Waals surface area contributed by atoms with Gasteiger partial charge < -0.3 is 20.3 Å². The number of phenols is 1. The Bertz CT molecular complexity index is 498. The average molecular weight is 284 g/mol. The second-order valence-corrected chi connectivity index (χ2v) is 5.71.